The highest BCUT2D eigenvalue weighted by molar-refractivity contribution is 5.42. The number of hydrogen-bond acceptors (Lipinski definition) is 4. The van der Waals surface area contributed by atoms with Crippen molar-refractivity contribution in [3.8, 4) is 5.75 Å². The molecule has 0 saturated carbocycles. The van der Waals surface area contributed by atoms with E-state index in [1.54, 1.807) is 25.7 Å². The van der Waals surface area contributed by atoms with Crippen molar-refractivity contribution in [3.63, 3.8) is 0 Å². The second-order valence-electron chi connectivity index (χ2n) is 4.76. The second kappa shape index (κ2) is 7.01. The zero-order chi connectivity index (χ0) is 14.4. The number of methoxy groups -OCH3 is 1. The predicted octanol–water partition coefficient (Wildman–Crippen LogP) is 2.88. The first-order chi connectivity index (χ1) is 9.76. The molecule has 0 radical (unpaired) electrons. The molecule has 4 nitrogen and oxygen atoms in total. The predicted molar refractivity (Wildman–Crippen MR) is 79.9 cm³/mol. The molecule has 2 rings (SSSR count). The Bertz CT molecular complexity index is 543. The van der Waals surface area contributed by atoms with E-state index in [1.807, 2.05) is 6.07 Å². The van der Waals surface area contributed by atoms with E-state index in [0.29, 0.717) is 0 Å². The summed E-state index contributed by atoms with van der Waals surface area (Å²) >= 11 is 0. The maximum absolute atomic E-state index is 5.52. The smallest absolute Gasteiger partial charge is 0.124 e. The average Bonchev–Trinajstić information content (AvgIpc) is 2.49. The molecule has 0 fully saturated rings. The van der Waals surface area contributed by atoms with E-state index in [-0.39, 0.29) is 6.04 Å². The number of rotatable bonds is 6. The van der Waals surface area contributed by atoms with Gasteiger partial charge in [0, 0.05) is 18.0 Å². The van der Waals surface area contributed by atoms with Crippen molar-refractivity contribution in [2.75, 3.05) is 13.7 Å². The normalized spacial score (nSPS) is 12.2. The maximum Gasteiger partial charge on any atom is 0.124 e. The highest BCUT2D eigenvalue weighted by Gasteiger charge is 2.19. The van der Waals surface area contributed by atoms with Crippen LogP contribution >= 0.6 is 0 Å². The molecular formula is C16H21N3O. The van der Waals surface area contributed by atoms with Crippen LogP contribution in [0.4, 0.5) is 0 Å². The van der Waals surface area contributed by atoms with Crippen molar-refractivity contribution in [2.45, 2.75) is 26.3 Å². The molecule has 20 heavy (non-hydrogen) atoms. The Labute approximate surface area is 120 Å². The van der Waals surface area contributed by atoms with Crippen LogP contribution in [0.25, 0.3) is 0 Å². The summed E-state index contributed by atoms with van der Waals surface area (Å²) in [4.78, 5) is 8.59. The fourth-order valence-corrected chi connectivity index (χ4v) is 2.18. The standard InChI is InChI=1S/C16H21N3O/c1-4-7-19-16(14-11-17-8-9-18-14)13-6-5-12(2)10-15(13)20-3/h5-6,8-11,16,19H,4,7H2,1-3H3. The van der Waals surface area contributed by atoms with Crippen LogP contribution in [-0.2, 0) is 0 Å². The number of nitrogens with one attached hydrogen (secondary N) is 1. The van der Waals surface area contributed by atoms with Gasteiger partial charge in [0.15, 0.2) is 0 Å². The van der Waals surface area contributed by atoms with Crippen molar-refractivity contribution in [3.05, 3.63) is 53.6 Å². The number of hydrogen-bond donors (Lipinski definition) is 1. The van der Waals surface area contributed by atoms with Crippen LogP contribution in [0.2, 0.25) is 0 Å². The number of ether oxygens (including phenoxy) is 1. The van der Waals surface area contributed by atoms with Gasteiger partial charge in [-0.3, -0.25) is 9.97 Å². The van der Waals surface area contributed by atoms with Gasteiger partial charge in [-0.15, -0.1) is 0 Å². The number of benzene rings is 1. The van der Waals surface area contributed by atoms with Gasteiger partial charge in [-0.05, 0) is 31.5 Å². The number of aromatic nitrogens is 2. The van der Waals surface area contributed by atoms with Crippen LogP contribution in [0.1, 0.15) is 36.2 Å². The monoisotopic (exact) mass is 271 g/mol. The summed E-state index contributed by atoms with van der Waals surface area (Å²) in [5, 5.41) is 3.51. The molecule has 0 saturated heterocycles. The molecule has 1 atom stereocenters. The van der Waals surface area contributed by atoms with Gasteiger partial charge in [0.25, 0.3) is 0 Å². The van der Waals surface area contributed by atoms with Gasteiger partial charge in [0.2, 0.25) is 0 Å². The lowest BCUT2D eigenvalue weighted by molar-refractivity contribution is 0.403. The van der Waals surface area contributed by atoms with E-state index < -0.39 is 0 Å². The lowest BCUT2D eigenvalue weighted by atomic mass is 10.0. The lowest BCUT2D eigenvalue weighted by Crippen LogP contribution is -2.24. The largest absolute Gasteiger partial charge is 0.496 e. The molecule has 0 aliphatic heterocycles. The maximum atomic E-state index is 5.52. The minimum Gasteiger partial charge on any atom is -0.496 e. The third-order valence-electron chi connectivity index (χ3n) is 3.18. The summed E-state index contributed by atoms with van der Waals surface area (Å²) in [6.07, 6.45) is 6.26. The Morgan fingerprint density at radius 2 is 2.15 bits per heavy atom. The van der Waals surface area contributed by atoms with Gasteiger partial charge in [-0.25, -0.2) is 0 Å². The van der Waals surface area contributed by atoms with Crippen LogP contribution in [0.15, 0.2) is 36.8 Å². The van der Waals surface area contributed by atoms with Gasteiger partial charge in [0.1, 0.15) is 5.75 Å². The molecule has 0 aliphatic rings. The molecule has 0 bridgehead atoms. The van der Waals surface area contributed by atoms with Crippen molar-refractivity contribution in [1.29, 1.82) is 0 Å². The minimum absolute atomic E-state index is 0.000741. The minimum atomic E-state index is -0.000741. The van der Waals surface area contributed by atoms with Gasteiger partial charge in [-0.2, -0.15) is 0 Å². The second-order valence-corrected chi connectivity index (χ2v) is 4.76. The molecule has 0 amide bonds. The molecule has 1 heterocycles. The topological polar surface area (TPSA) is 47.0 Å². The molecule has 2 aromatic rings. The third kappa shape index (κ3) is 3.33. The molecule has 0 aliphatic carbocycles. The Balaban J connectivity index is 2.41. The summed E-state index contributed by atoms with van der Waals surface area (Å²) in [6, 6.07) is 6.23. The van der Waals surface area contributed by atoms with Crippen molar-refractivity contribution in [1.82, 2.24) is 15.3 Å². The first-order valence-electron chi connectivity index (χ1n) is 6.90. The van der Waals surface area contributed by atoms with E-state index in [9.17, 15) is 0 Å². The van der Waals surface area contributed by atoms with Crippen molar-refractivity contribution < 1.29 is 4.74 Å². The molecule has 1 N–H and O–H groups in total. The van der Waals surface area contributed by atoms with Crippen LogP contribution in [-0.4, -0.2) is 23.6 Å². The van der Waals surface area contributed by atoms with Crippen LogP contribution in [0, 0.1) is 6.92 Å². The van der Waals surface area contributed by atoms with Crippen molar-refractivity contribution >= 4 is 0 Å². The van der Waals surface area contributed by atoms with Gasteiger partial charge in [-0.1, -0.05) is 19.1 Å². The zero-order valence-corrected chi connectivity index (χ0v) is 12.3. The lowest BCUT2D eigenvalue weighted by Gasteiger charge is -2.21. The molecule has 1 aromatic carbocycles. The number of nitrogens with zero attached hydrogens (tertiary/aromatic N) is 2. The molecule has 1 aromatic heterocycles. The highest BCUT2D eigenvalue weighted by Crippen LogP contribution is 2.29. The first kappa shape index (κ1) is 14.5. The summed E-state index contributed by atoms with van der Waals surface area (Å²) in [5.41, 5.74) is 3.18. The van der Waals surface area contributed by atoms with Gasteiger partial charge >= 0.3 is 0 Å². The summed E-state index contributed by atoms with van der Waals surface area (Å²) in [6.45, 7) is 5.12. The summed E-state index contributed by atoms with van der Waals surface area (Å²) < 4.78 is 5.52. The Morgan fingerprint density at radius 3 is 2.80 bits per heavy atom. The Hall–Kier alpha value is -1.94. The SMILES string of the molecule is CCCNC(c1cnccn1)c1ccc(C)cc1OC. The highest BCUT2D eigenvalue weighted by atomic mass is 16.5. The molecular weight excluding hydrogens is 250 g/mol. The van der Waals surface area contributed by atoms with Crippen molar-refractivity contribution in [2.24, 2.45) is 0 Å². The van der Waals surface area contributed by atoms with Crippen LogP contribution < -0.4 is 10.1 Å². The quantitative estimate of drug-likeness (QED) is 0.877. The molecule has 106 valence electrons. The third-order valence-corrected chi connectivity index (χ3v) is 3.18. The van der Waals surface area contributed by atoms with Crippen LogP contribution in [0.5, 0.6) is 5.75 Å². The summed E-state index contributed by atoms with van der Waals surface area (Å²) in [5.74, 6) is 0.879. The van der Waals surface area contributed by atoms with E-state index >= 15 is 0 Å². The Morgan fingerprint density at radius 1 is 1.30 bits per heavy atom. The first-order valence-corrected chi connectivity index (χ1v) is 6.90. The van der Waals surface area contributed by atoms with Gasteiger partial charge < -0.3 is 10.1 Å². The van der Waals surface area contributed by atoms with E-state index in [4.69, 9.17) is 4.74 Å². The number of aryl methyl sites for hydroxylation is 1. The summed E-state index contributed by atoms with van der Waals surface area (Å²) in [7, 11) is 1.70. The fourth-order valence-electron chi connectivity index (χ4n) is 2.18. The van der Waals surface area contributed by atoms with E-state index in [1.165, 1.54) is 5.56 Å². The van der Waals surface area contributed by atoms with Crippen LogP contribution in [0.3, 0.4) is 0 Å². The fraction of sp³-hybridized carbons (Fsp3) is 0.375. The van der Waals surface area contributed by atoms with E-state index in [2.05, 4.69) is 41.3 Å². The van der Waals surface area contributed by atoms with E-state index in [0.717, 1.165) is 30.0 Å². The van der Waals surface area contributed by atoms with Gasteiger partial charge in [0.05, 0.1) is 25.0 Å². The zero-order valence-electron chi connectivity index (χ0n) is 12.3. The molecule has 0 spiro atoms. The average molecular weight is 271 g/mol. The molecule has 1 unspecified atom stereocenters. The molecule has 4 heteroatoms. The Kier molecular flexibility index (Phi) is 5.07.